The van der Waals surface area contributed by atoms with Gasteiger partial charge in [-0.25, -0.2) is 31.6 Å². The number of nitrogens with one attached hydrogen (secondary N) is 1. The number of nitrogens with zero attached hydrogens (tertiary/aromatic N) is 3. The third-order valence-corrected chi connectivity index (χ3v) is 8.92. The third kappa shape index (κ3) is 4.96. The predicted molar refractivity (Wildman–Crippen MR) is 129 cm³/mol. The molecule has 194 valence electrons. The molecule has 0 radical (unpaired) electrons. The molecular weight excluding hydrogens is 497 g/mol. The van der Waals surface area contributed by atoms with Crippen molar-refractivity contribution in [3.05, 3.63) is 63.5 Å². The third-order valence-electron chi connectivity index (χ3n) is 6.81. The summed E-state index contributed by atoms with van der Waals surface area (Å²) in [5, 5.41) is 12.9. The molecule has 2 N–H and O–H groups in total. The Bertz CT molecular complexity index is 1450. The van der Waals surface area contributed by atoms with Crippen LogP contribution in [-0.2, 0) is 23.3 Å². The minimum absolute atomic E-state index is 0.0227. The Morgan fingerprint density at radius 1 is 1.19 bits per heavy atom. The van der Waals surface area contributed by atoms with Crippen molar-refractivity contribution in [2.24, 2.45) is 12.5 Å². The fourth-order valence-corrected chi connectivity index (χ4v) is 7.28. The van der Waals surface area contributed by atoms with Crippen molar-refractivity contribution in [2.45, 2.75) is 38.7 Å². The van der Waals surface area contributed by atoms with Crippen molar-refractivity contribution in [1.29, 1.82) is 0 Å². The highest BCUT2D eigenvalue weighted by Gasteiger charge is 2.47. The summed E-state index contributed by atoms with van der Waals surface area (Å²) in [6, 6.07) is 4.71. The number of aromatic nitrogens is 3. The number of fused-ring (bicyclic) bond motifs is 1. The first-order chi connectivity index (χ1) is 17.0. The van der Waals surface area contributed by atoms with Gasteiger partial charge >= 0.3 is 0 Å². The second-order valence-electron chi connectivity index (χ2n) is 9.42. The highest BCUT2D eigenvalue weighted by atomic mass is 32.2. The minimum atomic E-state index is -3.13. The molecule has 1 aromatic carbocycles. The van der Waals surface area contributed by atoms with E-state index < -0.39 is 39.1 Å². The summed E-state index contributed by atoms with van der Waals surface area (Å²) in [5.74, 6) is -0.748. The van der Waals surface area contributed by atoms with Crippen LogP contribution in [0.15, 0.2) is 35.4 Å². The first-order valence-electron chi connectivity index (χ1n) is 11.4. The van der Waals surface area contributed by atoms with Crippen molar-refractivity contribution >= 4 is 26.7 Å². The standard InChI is InChI=1S/C24H27F3N4O4S/c1-14(16-4-3-5-17(19(16)25)20(26)27)30-21-18-10-15(23(33)31(2)22(18)29-13-28-21)6-7-24(8-9-32)11-36(34,35)12-24/h3-5,10,13-14,20,32H,6-9,11-12H2,1-2H3,(H,28,29,30)/t14-/m1/s1. The van der Waals surface area contributed by atoms with Crippen LogP contribution in [0.25, 0.3) is 11.0 Å². The molecule has 4 rings (SSSR count). The molecule has 0 amide bonds. The Balaban J connectivity index is 1.66. The molecule has 3 aromatic rings. The van der Waals surface area contributed by atoms with Crippen LogP contribution in [0.5, 0.6) is 0 Å². The predicted octanol–water partition coefficient (Wildman–Crippen LogP) is 3.31. The van der Waals surface area contributed by atoms with Crippen LogP contribution < -0.4 is 10.9 Å². The molecule has 0 bridgehead atoms. The van der Waals surface area contributed by atoms with E-state index in [4.69, 9.17) is 0 Å². The van der Waals surface area contributed by atoms with Crippen molar-refractivity contribution in [2.75, 3.05) is 23.4 Å². The van der Waals surface area contributed by atoms with E-state index in [0.717, 1.165) is 6.07 Å². The zero-order valence-electron chi connectivity index (χ0n) is 19.8. The minimum Gasteiger partial charge on any atom is -0.396 e. The van der Waals surface area contributed by atoms with Gasteiger partial charge in [-0.05, 0) is 32.3 Å². The number of sulfone groups is 1. The van der Waals surface area contributed by atoms with Crippen LogP contribution in [0.3, 0.4) is 0 Å². The summed E-state index contributed by atoms with van der Waals surface area (Å²) < 4.78 is 65.9. The van der Waals surface area contributed by atoms with Crippen LogP contribution in [-0.4, -0.2) is 46.2 Å². The molecule has 3 heterocycles. The molecule has 1 saturated heterocycles. The molecule has 1 atom stereocenters. The summed E-state index contributed by atoms with van der Waals surface area (Å²) in [7, 11) is -1.58. The zero-order valence-corrected chi connectivity index (χ0v) is 20.7. The van der Waals surface area contributed by atoms with Gasteiger partial charge in [0.25, 0.3) is 12.0 Å². The lowest BCUT2D eigenvalue weighted by Gasteiger charge is -2.41. The Hall–Kier alpha value is -2.99. The van der Waals surface area contributed by atoms with Gasteiger partial charge in [0.1, 0.15) is 23.6 Å². The summed E-state index contributed by atoms with van der Waals surface area (Å²) >= 11 is 0. The number of hydrogen-bond donors (Lipinski definition) is 2. The van der Waals surface area contributed by atoms with Crippen LogP contribution in [0, 0.1) is 11.2 Å². The van der Waals surface area contributed by atoms with Gasteiger partial charge < -0.3 is 10.4 Å². The Labute approximate surface area is 206 Å². The van der Waals surface area contributed by atoms with Crippen LogP contribution >= 0.6 is 0 Å². The normalized spacial score (nSPS) is 17.2. The second-order valence-corrected chi connectivity index (χ2v) is 11.5. The number of pyridine rings is 1. The van der Waals surface area contributed by atoms with E-state index in [0.29, 0.717) is 35.3 Å². The number of aliphatic hydroxyl groups is 1. The molecule has 8 nitrogen and oxygen atoms in total. The van der Waals surface area contributed by atoms with Gasteiger partial charge in [0.05, 0.1) is 28.5 Å². The zero-order chi connectivity index (χ0) is 26.3. The highest BCUT2D eigenvalue weighted by molar-refractivity contribution is 7.92. The van der Waals surface area contributed by atoms with E-state index in [-0.39, 0.29) is 35.7 Å². The monoisotopic (exact) mass is 524 g/mol. The Kier molecular flexibility index (Phi) is 7.11. The number of hydrogen-bond acceptors (Lipinski definition) is 7. The smallest absolute Gasteiger partial charge is 0.266 e. The SMILES string of the molecule is C[C@@H](Nc1ncnc2c1cc(CCC1(CCO)CS(=O)(=O)C1)c(=O)n2C)c1cccc(C(F)F)c1F. The maximum atomic E-state index is 14.7. The van der Waals surface area contributed by atoms with E-state index in [1.807, 2.05) is 0 Å². The highest BCUT2D eigenvalue weighted by Crippen LogP contribution is 2.40. The van der Waals surface area contributed by atoms with Gasteiger partial charge in [-0.15, -0.1) is 0 Å². The topological polar surface area (TPSA) is 114 Å². The maximum absolute atomic E-state index is 14.7. The van der Waals surface area contributed by atoms with Gasteiger partial charge in [-0.2, -0.15) is 0 Å². The van der Waals surface area contributed by atoms with Gasteiger partial charge in [0, 0.05) is 30.2 Å². The molecule has 0 aliphatic carbocycles. The van der Waals surface area contributed by atoms with E-state index in [1.165, 1.54) is 23.0 Å². The number of aliphatic hydroxyl groups excluding tert-OH is 1. The number of anilines is 1. The molecule has 0 unspecified atom stereocenters. The summed E-state index contributed by atoms with van der Waals surface area (Å²) in [6.45, 7) is 1.47. The van der Waals surface area contributed by atoms with E-state index in [9.17, 15) is 31.5 Å². The van der Waals surface area contributed by atoms with Crippen molar-refractivity contribution < 1.29 is 26.7 Å². The average molecular weight is 525 g/mol. The maximum Gasteiger partial charge on any atom is 0.266 e. The lowest BCUT2D eigenvalue weighted by atomic mass is 9.82. The van der Waals surface area contributed by atoms with E-state index >= 15 is 0 Å². The van der Waals surface area contributed by atoms with Gasteiger partial charge in [0.2, 0.25) is 0 Å². The average Bonchev–Trinajstić information content (AvgIpc) is 2.79. The Morgan fingerprint density at radius 2 is 1.89 bits per heavy atom. The first kappa shape index (κ1) is 26.1. The molecule has 1 aliphatic heterocycles. The van der Waals surface area contributed by atoms with Crippen molar-refractivity contribution in [1.82, 2.24) is 14.5 Å². The summed E-state index contributed by atoms with van der Waals surface area (Å²) in [6.07, 6.45) is -0.678. The molecule has 0 saturated carbocycles. The fraction of sp³-hybridized carbons (Fsp3) is 0.458. The fourth-order valence-electron chi connectivity index (χ4n) is 4.92. The first-order valence-corrected chi connectivity index (χ1v) is 13.3. The number of rotatable bonds is 9. The van der Waals surface area contributed by atoms with Crippen LogP contribution in [0.4, 0.5) is 19.0 Å². The van der Waals surface area contributed by atoms with Gasteiger partial charge in [-0.3, -0.25) is 9.36 Å². The molecular formula is C24H27F3N4O4S. The van der Waals surface area contributed by atoms with Crippen LogP contribution in [0.1, 0.15) is 48.9 Å². The van der Waals surface area contributed by atoms with Gasteiger partial charge in [0.15, 0.2) is 9.84 Å². The molecule has 36 heavy (non-hydrogen) atoms. The van der Waals surface area contributed by atoms with Gasteiger partial charge in [-0.1, -0.05) is 18.2 Å². The van der Waals surface area contributed by atoms with Crippen LogP contribution in [0.2, 0.25) is 0 Å². The quantitative estimate of drug-likeness (QED) is 0.442. The number of alkyl halides is 2. The number of benzene rings is 1. The second kappa shape index (κ2) is 9.81. The lowest BCUT2D eigenvalue weighted by molar-refractivity contribution is 0.146. The molecule has 1 aliphatic rings. The molecule has 12 heteroatoms. The molecule has 1 fully saturated rings. The summed E-state index contributed by atoms with van der Waals surface area (Å²) in [4.78, 5) is 21.4. The van der Waals surface area contributed by atoms with E-state index in [2.05, 4.69) is 15.3 Å². The Morgan fingerprint density at radius 3 is 2.53 bits per heavy atom. The molecule has 2 aromatic heterocycles. The number of aryl methyl sites for hydroxylation is 2. The largest absolute Gasteiger partial charge is 0.396 e. The molecule has 0 spiro atoms. The lowest BCUT2D eigenvalue weighted by Crippen LogP contribution is -2.49. The van der Waals surface area contributed by atoms with E-state index in [1.54, 1.807) is 20.0 Å². The van der Waals surface area contributed by atoms with Crippen molar-refractivity contribution in [3.63, 3.8) is 0 Å². The van der Waals surface area contributed by atoms with Crippen molar-refractivity contribution in [3.8, 4) is 0 Å². The summed E-state index contributed by atoms with van der Waals surface area (Å²) in [5.41, 5.74) is -0.759. The number of halogens is 3.